The average molecular weight is 248 g/mol. The van der Waals surface area contributed by atoms with Gasteiger partial charge in [0.25, 0.3) is 0 Å². The maximum absolute atomic E-state index is 10.4. The van der Waals surface area contributed by atoms with Crippen molar-refractivity contribution in [2.24, 2.45) is 0 Å². The van der Waals surface area contributed by atoms with Gasteiger partial charge in [0.2, 0.25) is 6.20 Å². The molecule has 96 valence electrons. The van der Waals surface area contributed by atoms with Crippen LogP contribution in [0.15, 0.2) is 24.4 Å². The van der Waals surface area contributed by atoms with E-state index in [4.69, 9.17) is 4.74 Å². The molecule has 1 aliphatic heterocycles. The quantitative estimate of drug-likeness (QED) is 0.607. The third-order valence-corrected chi connectivity index (χ3v) is 3.06. The summed E-state index contributed by atoms with van der Waals surface area (Å²) < 4.78 is 5.21. The Kier molecular flexibility index (Phi) is 3.82. The van der Waals surface area contributed by atoms with Gasteiger partial charge in [0.1, 0.15) is 5.75 Å². The highest BCUT2D eigenvalue weighted by Crippen LogP contribution is 2.29. The molecule has 0 atom stereocenters. The van der Waals surface area contributed by atoms with Crippen LogP contribution in [0.5, 0.6) is 5.75 Å². The van der Waals surface area contributed by atoms with Gasteiger partial charge in [-0.05, 0) is 25.0 Å². The molecule has 0 radical (unpaired) electrons. The Balaban J connectivity index is 2.34. The van der Waals surface area contributed by atoms with Gasteiger partial charge >= 0.3 is 0 Å². The fourth-order valence-electron chi connectivity index (χ4n) is 2.16. The smallest absolute Gasteiger partial charge is 0.235 e. The van der Waals surface area contributed by atoms with Crippen LogP contribution in [0.25, 0.3) is 6.08 Å². The molecule has 0 bridgehead atoms. The molecule has 0 saturated carbocycles. The highest BCUT2D eigenvalue weighted by molar-refractivity contribution is 5.69. The lowest BCUT2D eigenvalue weighted by atomic mass is 10.1. The minimum absolute atomic E-state index is 0.446. The van der Waals surface area contributed by atoms with Crippen molar-refractivity contribution in [3.05, 3.63) is 40.1 Å². The van der Waals surface area contributed by atoms with E-state index in [1.54, 1.807) is 7.11 Å². The van der Waals surface area contributed by atoms with Crippen molar-refractivity contribution in [2.75, 3.05) is 25.1 Å². The van der Waals surface area contributed by atoms with Gasteiger partial charge in [0.15, 0.2) is 0 Å². The molecule has 0 N–H and O–H groups in total. The van der Waals surface area contributed by atoms with Crippen molar-refractivity contribution in [1.82, 2.24) is 0 Å². The van der Waals surface area contributed by atoms with Gasteiger partial charge in [-0.15, -0.1) is 0 Å². The van der Waals surface area contributed by atoms with E-state index in [1.807, 2.05) is 18.2 Å². The first-order valence-electron chi connectivity index (χ1n) is 5.95. The van der Waals surface area contributed by atoms with Gasteiger partial charge in [-0.2, -0.15) is 0 Å². The molecule has 1 heterocycles. The molecule has 18 heavy (non-hydrogen) atoms. The Hall–Kier alpha value is -2.04. The molecule has 5 nitrogen and oxygen atoms in total. The fraction of sp³-hybridized carbons (Fsp3) is 0.385. The van der Waals surface area contributed by atoms with E-state index >= 15 is 0 Å². The number of benzene rings is 1. The van der Waals surface area contributed by atoms with Crippen LogP contribution in [-0.4, -0.2) is 25.1 Å². The van der Waals surface area contributed by atoms with Gasteiger partial charge in [-0.25, -0.2) is 0 Å². The second-order valence-electron chi connectivity index (χ2n) is 4.22. The Morgan fingerprint density at radius 3 is 2.72 bits per heavy atom. The number of rotatable bonds is 4. The van der Waals surface area contributed by atoms with Crippen LogP contribution in [0.1, 0.15) is 18.4 Å². The molecule has 0 unspecified atom stereocenters. The summed E-state index contributed by atoms with van der Waals surface area (Å²) in [6.07, 6.45) is 4.83. The minimum atomic E-state index is -0.446. The van der Waals surface area contributed by atoms with E-state index < -0.39 is 4.92 Å². The largest absolute Gasteiger partial charge is 0.497 e. The first-order chi connectivity index (χ1) is 8.70. The topological polar surface area (TPSA) is 55.6 Å². The summed E-state index contributed by atoms with van der Waals surface area (Å²) in [7, 11) is 1.62. The Bertz CT molecular complexity index is 465. The number of hydrogen-bond acceptors (Lipinski definition) is 4. The Morgan fingerprint density at radius 1 is 1.39 bits per heavy atom. The lowest BCUT2D eigenvalue weighted by Crippen LogP contribution is -2.18. The van der Waals surface area contributed by atoms with Gasteiger partial charge in [-0.3, -0.25) is 10.1 Å². The fourth-order valence-corrected chi connectivity index (χ4v) is 2.16. The third kappa shape index (κ3) is 2.80. The number of methoxy groups -OCH3 is 1. The molecule has 1 aromatic rings. The van der Waals surface area contributed by atoms with Crippen LogP contribution in [0.4, 0.5) is 5.69 Å². The predicted octanol–water partition coefficient (Wildman–Crippen LogP) is 2.54. The summed E-state index contributed by atoms with van der Waals surface area (Å²) in [5, 5.41) is 10.4. The summed E-state index contributed by atoms with van der Waals surface area (Å²) in [6.45, 7) is 1.99. The van der Waals surface area contributed by atoms with Crippen LogP contribution >= 0.6 is 0 Å². The van der Waals surface area contributed by atoms with Crippen LogP contribution in [0.3, 0.4) is 0 Å². The molecule has 1 saturated heterocycles. The Morgan fingerprint density at radius 2 is 2.11 bits per heavy atom. The van der Waals surface area contributed by atoms with Crippen LogP contribution in [-0.2, 0) is 0 Å². The first kappa shape index (κ1) is 12.4. The lowest BCUT2D eigenvalue weighted by molar-refractivity contribution is -0.400. The van der Waals surface area contributed by atoms with Crippen molar-refractivity contribution in [3.8, 4) is 5.75 Å². The second kappa shape index (κ2) is 5.53. The maximum Gasteiger partial charge on any atom is 0.235 e. The van der Waals surface area contributed by atoms with Gasteiger partial charge in [0.05, 0.1) is 12.0 Å². The second-order valence-corrected chi connectivity index (χ2v) is 4.22. The summed E-state index contributed by atoms with van der Waals surface area (Å²) in [5.41, 5.74) is 1.86. The predicted molar refractivity (Wildman–Crippen MR) is 70.5 cm³/mol. The van der Waals surface area contributed by atoms with E-state index in [1.165, 1.54) is 6.08 Å². The highest BCUT2D eigenvalue weighted by Gasteiger charge is 2.15. The zero-order valence-electron chi connectivity index (χ0n) is 10.3. The zero-order chi connectivity index (χ0) is 13.0. The lowest BCUT2D eigenvalue weighted by Gasteiger charge is -2.20. The normalized spacial score (nSPS) is 15.3. The van der Waals surface area contributed by atoms with Crippen molar-refractivity contribution in [1.29, 1.82) is 0 Å². The minimum Gasteiger partial charge on any atom is -0.497 e. The number of anilines is 1. The molecule has 5 heteroatoms. The average Bonchev–Trinajstić information content (AvgIpc) is 2.89. The SMILES string of the molecule is COc1ccc(C=C[N+](=O)[O-])c(N2CCCC2)c1. The molecule has 1 aromatic carbocycles. The number of nitrogens with zero attached hydrogens (tertiary/aromatic N) is 2. The zero-order valence-corrected chi connectivity index (χ0v) is 10.3. The van der Waals surface area contributed by atoms with E-state index in [0.29, 0.717) is 0 Å². The molecule has 1 fully saturated rings. The molecule has 0 spiro atoms. The van der Waals surface area contributed by atoms with Gasteiger partial charge < -0.3 is 9.64 Å². The summed E-state index contributed by atoms with van der Waals surface area (Å²) in [5.74, 6) is 0.773. The van der Waals surface area contributed by atoms with Crippen molar-refractivity contribution < 1.29 is 9.66 Å². The monoisotopic (exact) mass is 248 g/mol. The third-order valence-electron chi connectivity index (χ3n) is 3.06. The molecule has 1 aliphatic rings. The summed E-state index contributed by atoms with van der Waals surface area (Å²) in [4.78, 5) is 12.2. The van der Waals surface area contributed by atoms with E-state index in [-0.39, 0.29) is 0 Å². The molecule has 0 amide bonds. The van der Waals surface area contributed by atoms with Crippen molar-refractivity contribution >= 4 is 11.8 Å². The van der Waals surface area contributed by atoms with E-state index in [2.05, 4.69) is 4.90 Å². The molecule has 0 aromatic heterocycles. The number of hydrogen-bond donors (Lipinski definition) is 0. The number of nitro groups is 1. The van der Waals surface area contributed by atoms with E-state index in [0.717, 1.165) is 49.1 Å². The van der Waals surface area contributed by atoms with Gasteiger partial charge in [-0.1, -0.05) is 0 Å². The van der Waals surface area contributed by atoms with Crippen LogP contribution in [0.2, 0.25) is 0 Å². The van der Waals surface area contributed by atoms with E-state index in [9.17, 15) is 10.1 Å². The standard InChI is InChI=1S/C13H16N2O3/c1-18-12-5-4-11(6-9-15(16)17)13(10-12)14-7-2-3-8-14/h4-6,9-10H,2-3,7-8H2,1H3. The first-order valence-corrected chi connectivity index (χ1v) is 5.95. The molecule has 2 rings (SSSR count). The van der Waals surface area contributed by atoms with Crippen LogP contribution in [0, 0.1) is 10.1 Å². The summed E-state index contributed by atoms with van der Waals surface area (Å²) in [6, 6.07) is 5.61. The number of ether oxygens (including phenoxy) is 1. The molecular formula is C13H16N2O3. The molecular weight excluding hydrogens is 232 g/mol. The summed E-state index contributed by atoms with van der Waals surface area (Å²) >= 11 is 0. The highest BCUT2D eigenvalue weighted by atomic mass is 16.6. The van der Waals surface area contributed by atoms with Gasteiger partial charge in [0, 0.05) is 36.5 Å². The van der Waals surface area contributed by atoms with Crippen molar-refractivity contribution in [3.63, 3.8) is 0 Å². The van der Waals surface area contributed by atoms with Crippen LogP contribution < -0.4 is 9.64 Å². The maximum atomic E-state index is 10.4. The Labute approximate surface area is 106 Å². The molecule has 0 aliphatic carbocycles. The van der Waals surface area contributed by atoms with Crippen molar-refractivity contribution in [2.45, 2.75) is 12.8 Å².